The van der Waals surface area contributed by atoms with Crippen LogP contribution in [0.2, 0.25) is 0 Å². The molecule has 0 aromatic rings. The highest BCUT2D eigenvalue weighted by atomic mass is 16.4. The molecule has 1 spiro atoms. The van der Waals surface area contributed by atoms with Crippen LogP contribution < -0.4 is 0 Å². The molecule has 0 aromatic carbocycles. The van der Waals surface area contributed by atoms with Crippen molar-refractivity contribution < 1.29 is 15.1 Å². The van der Waals surface area contributed by atoms with Gasteiger partial charge in [-0.25, -0.2) is 0 Å². The van der Waals surface area contributed by atoms with E-state index in [4.69, 9.17) is 0 Å². The van der Waals surface area contributed by atoms with Gasteiger partial charge in [-0.3, -0.25) is 4.79 Å². The van der Waals surface area contributed by atoms with Crippen molar-refractivity contribution in [2.45, 2.75) is 71.6 Å². The summed E-state index contributed by atoms with van der Waals surface area (Å²) in [4.78, 5) is 11.9. The van der Waals surface area contributed by atoms with E-state index in [2.05, 4.69) is 12.1 Å². The lowest BCUT2D eigenvalue weighted by Crippen LogP contribution is -2.53. The first-order valence-corrected chi connectivity index (χ1v) is 9.29. The minimum absolute atomic E-state index is 0.0862. The van der Waals surface area contributed by atoms with Crippen LogP contribution in [0.3, 0.4) is 0 Å². The summed E-state index contributed by atoms with van der Waals surface area (Å²) in [7, 11) is 0. The molecule has 2 bridgehead atoms. The third kappa shape index (κ3) is 1.90. The Bertz CT molecular complexity index is 573. The van der Waals surface area contributed by atoms with Gasteiger partial charge in [0, 0.05) is 5.41 Å². The zero-order valence-corrected chi connectivity index (χ0v) is 14.3. The lowest BCUT2D eigenvalue weighted by Gasteiger charge is -2.58. The summed E-state index contributed by atoms with van der Waals surface area (Å²) in [6.45, 7) is 4.26. The minimum Gasteiger partial charge on any atom is -0.481 e. The van der Waals surface area contributed by atoms with E-state index in [1.165, 1.54) is 12.8 Å². The summed E-state index contributed by atoms with van der Waals surface area (Å²) in [5.41, 5.74) is 0.850. The molecule has 6 atom stereocenters. The number of oxime groups is 1. The number of aliphatic carboxylic acids is 1. The van der Waals surface area contributed by atoms with Gasteiger partial charge < -0.3 is 10.3 Å². The van der Waals surface area contributed by atoms with Crippen LogP contribution >= 0.6 is 0 Å². The lowest BCUT2D eigenvalue weighted by atomic mass is 9.46. The third-order valence-electron chi connectivity index (χ3n) is 8.40. The Balaban J connectivity index is 1.69. The lowest BCUT2D eigenvalue weighted by molar-refractivity contribution is -0.164. The summed E-state index contributed by atoms with van der Waals surface area (Å²) < 4.78 is 0. The third-order valence-corrected chi connectivity index (χ3v) is 8.40. The highest BCUT2D eigenvalue weighted by Gasteiger charge is 2.63. The van der Waals surface area contributed by atoms with E-state index in [0.717, 1.165) is 50.7 Å². The van der Waals surface area contributed by atoms with E-state index in [1.54, 1.807) is 0 Å². The molecule has 0 saturated heterocycles. The van der Waals surface area contributed by atoms with Crippen LogP contribution in [0.5, 0.6) is 0 Å². The molecule has 128 valence electrons. The zero-order valence-electron chi connectivity index (χ0n) is 14.3. The summed E-state index contributed by atoms with van der Waals surface area (Å²) in [6.07, 6.45) is 9.63. The fourth-order valence-electron chi connectivity index (χ4n) is 7.24. The SMILES string of the molecule is C[C@@]12CCC3[C@@H]4CCC[C@@](C)(C(=O)O)[C@H]4CC[C@]3(CC1=NO)C2. The molecule has 0 amide bonds. The van der Waals surface area contributed by atoms with Crippen molar-refractivity contribution in [1.29, 1.82) is 0 Å². The van der Waals surface area contributed by atoms with Crippen LogP contribution in [0.15, 0.2) is 5.16 Å². The molecular weight excluding hydrogens is 290 g/mol. The monoisotopic (exact) mass is 319 g/mol. The summed E-state index contributed by atoms with van der Waals surface area (Å²) in [5, 5.41) is 23.0. The second kappa shape index (κ2) is 4.73. The Hall–Kier alpha value is -1.06. The predicted octanol–water partition coefficient (Wildman–Crippen LogP) is 4.31. The average Bonchev–Trinajstić information content (AvgIpc) is 2.73. The van der Waals surface area contributed by atoms with E-state index in [9.17, 15) is 15.1 Å². The van der Waals surface area contributed by atoms with E-state index in [-0.39, 0.29) is 10.8 Å². The average molecular weight is 319 g/mol. The van der Waals surface area contributed by atoms with Crippen molar-refractivity contribution in [3.05, 3.63) is 0 Å². The maximum atomic E-state index is 11.9. The van der Waals surface area contributed by atoms with E-state index >= 15 is 0 Å². The molecule has 4 aliphatic carbocycles. The number of carboxylic acids is 1. The zero-order chi connectivity index (χ0) is 16.5. The van der Waals surface area contributed by atoms with Gasteiger partial charge in [0.1, 0.15) is 0 Å². The number of carboxylic acid groups (broad SMARTS) is 1. The van der Waals surface area contributed by atoms with Crippen molar-refractivity contribution in [3.8, 4) is 0 Å². The highest BCUT2D eigenvalue weighted by molar-refractivity contribution is 5.92. The number of carbonyl (C=O) groups is 1. The predicted molar refractivity (Wildman–Crippen MR) is 87.5 cm³/mol. The van der Waals surface area contributed by atoms with Crippen molar-refractivity contribution in [1.82, 2.24) is 0 Å². The number of hydrogen-bond acceptors (Lipinski definition) is 3. The smallest absolute Gasteiger partial charge is 0.309 e. The second-order valence-electron chi connectivity index (χ2n) is 9.39. The van der Waals surface area contributed by atoms with Gasteiger partial charge in [-0.05, 0) is 81.5 Å². The van der Waals surface area contributed by atoms with Crippen molar-refractivity contribution >= 4 is 11.7 Å². The molecule has 0 aromatic heterocycles. The molecule has 1 unspecified atom stereocenters. The molecule has 4 heteroatoms. The van der Waals surface area contributed by atoms with Gasteiger partial charge in [-0.15, -0.1) is 0 Å². The van der Waals surface area contributed by atoms with Gasteiger partial charge >= 0.3 is 5.97 Å². The molecule has 2 N–H and O–H groups in total. The number of hydrogen-bond donors (Lipinski definition) is 2. The number of nitrogens with zero attached hydrogens (tertiary/aromatic N) is 1. The standard InChI is InChI=1S/C19H29NO3/c1-17-8-5-14-12-4-3-7-18(2,16(21)22)13(12)6-9-19(14,11-17)10-15(17)20-23/h12-14,23H,3-11H2,1-2H3,(H,21,22)/t12-,13+,14?,17+,18-,19+/m1/s1. The normalized spacial score (nSPS) is 53.7. The van der Waals surface area contributed by atoms with Gasteiger partial charge in [-0.2, -0.15) is 0 Å². The summed E-state index contributed by atoms with van der Waals surface area (Å²) in [6, 6.07) is 0. The molecule has 23 heavy (non-hydrogen) atoms. The van der Waals surface area contributed by atoms with Crippen LogP contribution in [-0.4, -0.2) is 22.0 Å². The fourth-order valence-corrected chi connectivity index (χ4v) is 7.24. The Morgan fingerprint density at radius 2 is 1.87 bits per heavy atom. The molecule has 4 aliphatic rings. The van der Waals surface area contributed by atoms with Gasteiger partial charge in [0.25, 0.3) is 0 Å². The van der Waals surface area contributed by atoms with Crippen molar-refractivity contribution in [2.75, 3.05) is 0 Å². The Kier molecular flexibility index (Phi) is 3.18. The van der Waals surface area contributed by atoms with Gasteiger partial charge in [0.05, 0.1) is 11.1 Å². The first kappa shape index (κ1) is 15.5. The van der Waals surface area contributed by atoms with E-state index < -0.39 is 11.4 Å². The van der Waals surface area contributed by atoms with Crippen LogP contribution in [0.25, 0.3) is 0 Å². The topological polar surface area (TPSA) is 69.9 Å². The molecule has 0 aliphatic heterocycles. The highest BCUT2D eigenvalue weighted by Crippen LogP contribution is 2.69. The quantitative estimate of drug-likeness (QED) is 0.559. The molecule has 4 fully saturated rings. The molecule has 0 radical (unpaired) electrons. The maximum Gasteiger partial charge on any atom is 0.309 e. The number of fused-ring (bicyclic) bond motifs is 3. The molecular formula is C19H29NO3. The van der Waals surface area contributed by atoms with Crippen LogP contribution in [0.4, 0.5) is 0 Å². The summed E-state index contributed by atoms with van der Waals surface area (Å²) in [5.74, 6) is 0.936. The molecule has 0 heterocycles. The van der Waals surface area contributed by atoms with Crippen molar-refractivity contribution in [2.24, 2.45) is 39.2 Å². The van der Waals surface area contributed by atoms with E-state index in [0.29, 0.717) is 17.8 Å². The van der Waals surface area contributed by atoms with Gasteiger partial charge in [-0.1, -0.05) is 18.5 Å². The van der Waals surface area contributed by atoms with E-state index in [1.807, 2.05) is 6.92 Å². The van der Waals surface area contributed by atoms with Crippen LogP contribution in [-0.2, 0) is 4.79 Å². The fraction of sp³-hybridized carbons (Fsp3) is 0.895. The van der Waals surface area contributed by atoms with Gasteiger partial charge in [0.2, 0.25) is 0 Å². The van der Waals surface area contributed by atoms with Gasteiger partial charge in [0.15, 0.2) is 0 Å². The van der Waals surface area contributed by atoms with Crippen LogP contribution in [0.1, 0.15) is 71.6 Å². The summed E-state index contributed by atoms with van der Waals surface area (Å²) >= 11 is 0. The second-order valence-corrected chi connectivity index (χ2v) is 9.39. The molecule has 4 rings (SSSR count). The minimum atomic E-state index is -0.590. The van der Waals surface area contributed by atoms with Crippen molar-refractivity contribution in [3.63, 3.8) is 0 Å². The Morgan fingerprint density at radius 3 is 2.57 bits per heavy atom. The molecule has 4 saturated carbocycles. The Labute approximate surface area is 138 Å². The molecule has 4 nitrogen and oxygen atoms in total. The largest absolute Gasteiger partial charge is 0.481 e. The maximum absolute atomic E-state index is 11.9. The first-order chi connectivity index (χ1) is 10.8. The van der Waals surface area contributed by atoms with Crippen LogP contribution in [0, 0.1) is 34.0 Å². The first-order valence-electron chi connectivity index (χ1n) is 9.29. The Morgan fingerprint density at radius 1 is 1.13 bits per heavy atom. The number of rotatable bonds is 1.